The molecule has 12 heavy (non-hydrogen) atoms. The van der Waals surface area contributed by atoms with Crippen LogP contribution < -0.4 is 0 Å². The topological polar surface area (TPSA) is 9.23 Å². The average molecular weight is 170 g/mol. The Morgan fingerprint density at radius 2 is 1.92 bits per heavy atom. The highest BCUT2D eigenvalue weighted by Crippen LogP contribution is 2.18. The van der Waals surface area contributed by atoms with Crippen molar-refractivity contribution < 1.29 is 4.74 Å². The third-order valence-electron chi connectivity index (χ3n) is 2.18. The minimum atomic E-state index is 0.0507. The van der Waals surface area contributed by atoms with E-state index < -0.39 is 0 Å². The van der Waals surface area contributed by atoms with Gasteiger partial charge in [-0.2, -0.15) is 0 Å². The van der Waals surface area contributed by atoms with Crippen molar-refractivity contribution >= 4 is 0 Å². The molecule has 0 aromatic carbocycles. The molecule has 0 spiro atoms. The Morgan fingerprint density at radius 1 is 1.33 bits per heavy atom. The summed E-state index contributed by atoms with van der Waals surface area (Å²) in [5.41, 5.74) is 1.33. The van der Waals surface area contributed by atoms with Crippen LogP contribution in [0.25, 0.3) is 0 Å². The van der Waals surface area contributed by atoms with Crippen LogP contribution in [0.2, 0.25) is 0 Å². The van der Waals surface area contributed by atoms with Crippen molar-refractivity contribution in [3.63, 3.8) is 0 Å². The number of hydrogen-bond acceptors (Lipinski definition) is 1. The zero-order valence-electron chi connectivity index (χ0n) is 8.94. The Kier molecular flexibility index (Phi) is 5.23. The largest absolute Gasteiger partial charge is 0.379 e. The monoisotopic (exact) mass is 170 g/mol. The zero-order chi connectivity index (χ0) is 9.61. The molecule has 72 valence electrons. The van der Waals surface area contributed by atoms with E-state index in [-0.39, 0.29) is 5.60 Å². The van der Waals surface area contributed by atoms with Gasteiger partial charge in [-0.1, -0.05) is 12.0 Å². The Morgan fingerprint density at radius 3 is 2.33 bits per heavy atom. The summed E-state index contributed by atoms with van der Waals surface area (Å²) >= 11 is 0. The molecule has 0 saturated carbocycles. The molecule has 0 unspecified atom stereocenters. The minimum absolute atomic E-state index is 0.0507. The van der Waals surface area contributed by atoms with Gasteiger partial charge in [0.2, 0.25) is 0 Å². The van der Waals surface area contributed by atoms with Gasteiger partial charge in [-0.3, -0.25) is 0 Å². The van der Waals surface area contributed by atoms with Crippen LogP contribution >= 0.6 is 0 Å². The van der Waals surface area contributed by atoms with Crippen LogP contribution in [0.1, 0.15) is 46.5 Å². The standard InChI is InChI=1S/C11H22O/c1-10(2)8-6-7-9-11(3,4)12-5/h1,6-9H2,2-5H3. The van der Waals surface area contributed by atoms with E-state index >= 15 is 0 Å². The van der Waals surface area contributed by atoms with E-state index in [1.165, 1.54) is 18.4 Å². The van der Waals surface area contributed by atoms with Crippen molar-refractivity contribution in [3.05, 3.63) is 12.2 Å². The van der Waals surface area contributed by atoms with Crippen LogP contribution in [0.3, 0.4) is 0 Å². The fourth-order valence-corrected chi connectivity index (χ4v) is 1.08. The van der Waals surface area contributed by atoms with Gasteiger partial charge in [-0.15, -0.1) is 6.58 Å². The predicted molar refractivity (Wildman–Crippen MR) is 54.4 cm³/mol. The van der Waals surface area contributed by atoms with Crippen LogP contribution in [0.5, 0.6) is 0 Å². The van der Waals surface area contributed by atoms with Crippen LogP contribution in [-0.2, 0) is 4.74 Å². The number of ether oxygens (including phenoxy) is 1. The second-order valence-corrected chi connectivity index (χ2v) is 4.13. The van der Waals surface area contributed by atoms with Gasteiger partial charge in [0.15, 0.2) is 0 Å². The van der Waals surface area contributed by atoms with Gasteiger partial charge in [0.05, 0.1) is 5.60 Å². The fourth-order valence-electron chi connectivity index (χ4n) is 1.08. The smallest absolute Gasteiger partial charge is 0.0622 e. The summed E-state index contributed by atoms with van der Waals surface area (Å²) in [5, 5.41) is 0. The number of allylic oxidation sites excluding steroid dienone is 1. The van der Waals surface area contributed by atoms with Crippen LogP contribution in [0, 0.1) is 0 Å². The van der Waals surface area contributed by atoms with Gasteiger partial charge in [0, 0.05) is 7.11 Å². The summed E-state index contributed by atoms with van der Waals surface area (Å²) in [6, 6.07) is 0. The van der Waals surface area contributed by atoms with Gasteiger partial charge in [0.25, 0.3) is 0 Å². The van der Waals surface area contributed by atoms with Gasteiger partial charge in [-0.05, 0) is 40.0 Å². The van der Waals surface area contributed by atoms with E-state index in [2.05, 4.69) is 27.4 Å². The quantitative estimate of drug-likeness (QED) is 0.437. The lowest BCUT2D eigenvalue weighted by molar-refractivity contribution is 0.0135. The molecule has 0 radical (unpaired) electrons. The van der Waals surface area contributed by atoms with Crippen LogP contribution in [0.4, 0.5) is 0 Å². The molecule has 0 aliphatic rings. The number of methoxy groups -OCH3 is 1. The van der Waals surface area contributed by atoms with E-state index in [1.807, 2.05) is 0 Å². The first kappa shape index (κ1) is 11.7. The lowest BCUT2D eigenvalue weighted by Crippen LogP contribution is -2.21. The normalized spacial score (nSPS) is 11.7. The Hall–Kier alpha value is -0.300. The molecule has 0 N–H and O–H groups in total. The third-order valence-corrected chi connectivity index (χ3v) is 2.18. The van der Waals surface area contributed by atoms with E-state index in [9.17, 15) is 0 Å². The minimum Gasteiger partial charge on any atom is -0.379 e. The van der Waals surface area contributed by atoms with E-state index in [4.69, 9.17) is 4.74 Å². The fraction of sp³-hybridized carbons (Fsp3) is 0.818. The molecule has 0 heterocycles. The highest BCUT2D eigenvalue weighted by atomic mass is 16.5. The predicted octanol–water partition coefficient (Wildman–Crippen LogP) is 3.55. The van der Waals surface area contributed by atoms with Crippen molar-refractivity contribution in [2.75, 3.05) is 7.11 Å². The highest BCUT2D eigenvalue weighted by molar-refractivity contribution is 4.87. The first-order chi connectivity index (χ1) is 5.48. The molecular weight excluding hydrogens is 148 g/mol. The lowest BCUT2D eigenvalue weighted by atomic mass is 9.99. The SMILES string of the molecule is C=C(C)CCCCC(C)(C)OC. The number of rotatable bonds is 6. The summed E-state index contributed by atoms with van der Waals surface area (Å²) in [7, 11) is 1.78. The zero-order valence-corrected chi connectivity index (χ0v) is 8.94. The molecule has 0 aliphatic carbocycles. The first-order valence-corrected chi connectivity index (χ1v) is 4.67. The van der Waals surface area contributed by atoms with Crippen molar-refractivity contribution in [3.8, 4) is 0 Å². The molecule has 0 saturated heterocycles. The van der Waals surface area contributed by atoms with Gasteiger partial charge < -0.3 is 4.74 Å². The molecule has 0 amide bonds. The van der Waals surface area contributed by atoms with Crippen molar-refractivity contribution in [1.82, 2.24) is 0 Å². The maximum atomic E-state index is 5.32. The third kappa shape index (κ3) is 6.41. The molecule has 0 aromatic rings. The Bertz CT molecular complexity index is 136. The molecule has 1 heteroatoms. The molecule has 0 fully saturated rings. The van der Waals surface area contributed by atoms with E-state index in [0.717, 1.165) is 12.8 Å². The van der Waals surface area contributed by atoms with Gasteiger partial charge in [0.1, 0.15) is 0 Å². The molecular formula is C11H22O. The van der Waals surface area contributed by atoms with Gasteiger partial charge >= 0.3 is 0 Å². The average Bonchev–Trinajstić information content (AvgIpc) is 1.98. The maximum Gasteiger partial charge on any atom is 0.0622 e. The molecule has 1 nitrogen and oxygen atoms in total. The van der Waals surface area contributed by atoms with E-state index in [1.54, 1.807) is 7.11 Å². The molecule has 0 rings (SSSR count). The Labute approximate surface area is 76.8 Å². The van der Waals surface area contributed by atoms with Crippen molar-refractivity contribution in [2.45, 2.75) is 52.1 Å². The van der Waals surface area contributed by atoms with Crippen molar-refractivity contribution in [2.24, 2.45) is 0 Å². The number of unbranched alkanes of at least 4 members (excludes halogenated alkanes) is 1. The summed E-state index contributed by atoms with van der Waals surface area (Å²) in [5.74, 6) is 0. The molecule has 0 aromatic heterocycles. The second-order valence-electron chi connectivity index (χ2n) is 4.13. The molecule has 0 atom stereocenters. The van der Waals surface area contributed by atoms with Gasteiger partial charge in [-0.25, -0.2) is 0 Å². The number of hydrogen-bond donors (Lipinski definition) is 0. The summed E-state index contributed by atoms with van der Waals surface area (Å²) in [6.45, 7) is 10.2. The van der Waals surface area contributed by atoms with Crippen LogP contribution in [0.15, 0.2) is 12.2 Å². The molecule has 0 bridgehead atoms. The lowest BCUT2D eigenvalue weighted by Gasteiger charge is -2.22. The van der Waals surface area contributed by atoms with Crippen LogP contribution in [-0.4, -0.2) is 12.7 Å². The van der Waals surface area contributed by atoms with Crippen molar-refractivity contribution in [1.29, 1.82) is 0 Å². The highest BCUT2D eigenvalue weighted by Gasteiger charge is 2.14. The van der Waals surface area contributed by atoms with E-state index in [0.29, 0.717) is 0 Å². The molecule has 0 aliphatic heterocycles. The second kappa shape index (κ2) is 5.36. The Balaban J connectivity index is 3.37. The maximum absolute atomic E-state index is 5.32. The first-order valence-electron chi connectivity index (χ1n) is 4.67. The summed E-state index contributed by atoms with van der Waals surface area (Å²) < 4.78 is 5.32. The summed E-state index contributed by atoms with van der Waals surface area (Å²) in [6.07, 6.45) is 4.76. The summed E-state index contributed by atoms with van der Waals surface area (Å²) in [4.78, 5) is 0.